The number of alkyl carbamates (subject to hydrolysis) is 1. The van der Waals surface area contributed by atoms with Gasteiger partial charge in [-0.15, -0.1) is 6.58 Å². The number of anilines is 1. The van der Waals surface area contributed by atoms with E-state index in [1.165, 1.54) is 10.6 Å². The van der Waals surface area contributed by atoms with Gasteiger partial charge in [0.2, 0.25) is 23.6 Å². The van der Waals surface area contributed by atoms with Crippen LogP contribution in [0, 0.1) is 18.7 Å². The van der Waals surface area contributed by atoms with Gasteiger partial charge >= 0.3 is 18.1 Å². The molecule has 1 aliphatic carbocycles. The van der Waals surface area contributed by atoms with Crippen LogP contribution >= 0.6 is 0 Å². The summed E-state index contributed by atoms with van der Waals surface area (Å²) in [5.41, 5.74) is 7.45. The maximum Gasteiger partial charge on any atom is 0.407 e. The number of pyridine rings is 2. The highest BCUT2D eigenvalue weighted by molar-refractivity contribution is 5.99. The Bertz CT molecular complexity index is 3310. The van der Waals surface area contributed by atoms with Crippen LogP contribution in [0.25, 0.3) is 22.3 Å². The van der Waals surface area contributed by atoms with Crippen molar-refractivity contribution in [3.05, 3.63) is 104 Å². The number of cyclic esters (lactones) is 1. The number of aliphatic hydroxyl groups is 1. The first-order valence-electron chi connectivity index (χ1n) is 31.9. The summed E-state index contributed by atoms with van der Waals surface area (Å²) in [5.74, 6) is -3.49. The first-order chi connectivity index (χ1) is 44.3. The topological polar surface area (TPSA) is 337 Å². The third-order valence-corrected chi connectivity index (χ3v) is 16.6. The number of nitrogens with zero attached hydrogens (tertiary/aromatic N) is 2. The van der Waals surface area contributed by atoms with E-state index < -0.39 is 70.9 Å². The van der Waals surface area contributed by atoms with Gasteiger partial charge < -0.3 is 80.5 Å². The first kappa shape index (κ1) is 71.6. The van der Waals surface area contributed by atoms with Gasteiger partial charge in [-0.2, -0.15) is 0 Å². The normalized spacial score (nSPS) is 16.3. The Labute approximate surface area is 535 Å². The molecule has 502 valence electrons. The van der Waals surface area contributed by atoms with E-state index in [2.05, 4.69) is 45.4 Å². The minimum Gasteiger partial charge on any atom is -0.458 e. The number of urea groups is 1. The Morgan fingerprint density at radius 2 is 1.57 bits per heavy atom. The summed E-state index contributed by atoms with van der Waals surface area (Å²) in [6.45, 7) is 14.9. The molecule has 2 aliphatic heterocycles. The lowest BCUT2D eigenvalue weighted by Crippen LogP contribution is -2.54. The number of nitrogens with one attached hydrogen (secondary N) is 6. The molecule has 0 saturated heterocycles. The molecular formula is C66H90FN9O16. The Hall–Kier alpha value is -7.88. The number of ether oxygens (including phenoxy) is 7. The summed E-state index contributed by atoms with van der Waals surface area (Å²) in [6, 6.07) is 5.88. The lowest BCUT2D eigenvalue weighted by molar-refractivity contribution is -0.172. The van der Waals surface area contributed by atoms with Crippen molar-refractivity contribution in [2.45, 2.75) is 161 Å². The van der Waals surface area contributed by atoms with E-state index in [1.807, 2.05) is 6.08 Å². The number of unbranched alkanes of at least 4 members (excludes halogenated alkanes) is 3. The van der Waals surface area contributed by atoms with Gasteiger partial charge in [0.15, 0.2) is 5.60 Å². The second-order valence-corrected chi connectivity index (χ2v) is 23.4. The first-order valence-corrected chi connectivity index (χ1v) is 31.9. The van der Waals surface area contributed by atoms with Crippen molar-refractivity contribution in [3.8, 4) is 11.4 Å². The predicted octanol–water partition coefficient (Wildman–Crippen LogP) is 5.96. The van der Waals surface area contributed by atoms with E-state index in [4.69, 9.17) is 43.9 Å². The summed E-state index contributed by atoms with van der Waals surface area (Å²) >= 11 is 0. The molecule has 1 unspecified atom stereocenters. The molecule has 2 aromatic heterocycles. The Morgan fingerprint density at radius 1 is 0.859 bits per heavy atom. The molecule has 0 spiro atoms. The van der Waals surface area contributed by atoms with Crippen molar-refractivity contribution in [1.29, 1.82) is 0 Å². The molecule has 9 N–H and O–H groups in total. The molecule has 25 nitrogen and oxygen atoms in total. The number of esters is 1. The number of aromatic nitrogens is 2. The number of aryl methyl sites for hydroxylation is 1. The van der Waals surface area contributed by atoms with Crippen LogP contribution in [0.1, 0.15) is 143 Å². The van der Waals surface area contributed by atoms with Gasteiger partial charge in [-0.25, -0.2) is 23.8 Å². The Balaban J connectivity index is 0.825. The zero-order valence-electron chi connectivity index (χ0n) is 53.4. The number of primary amides is 1. The van der Waals surface area contributed by atoms with Crippen molar-refractivity contribution in [1.82, 2.24) is 36.1 Å². The Morgan fingerprint density at radius 3 is 2.24 bits per heavy atom. The summed E-state index contributed by atoms with van der Waals surface area (Å²) < 4.78 is 55.9. The van der Waals surface area contributed by atoms with Crippen molar-refractivity contribution in [2.75, 3.05) is 77.9 Å². The van der Waals surface area contributed by atoms with Gasteiger partial charge in [0.05, 0.1) is 94.0 Å². The monoisotopic (exact) mass is 1280 g/mol. The lowest BCUT2D eigenvalue weighted by Gasteiger charge is -2.31. The molecule has 92 heavy (non-hydrogen) atoms. The number of hydrogen-bond acceptors (Lipinski definition) is 17. The number of halogens is 1. The number of benzene rings is 2. The van der Waals surface area contributed by atoms with Crippen molar-refractivity contribution in [3.63, 3.8) is 0 Å². The SMILES string of the molecule is C=CCCCCCC(CC)OCC(=O)NCCOCCOCCOCCOCCC(=O)N[C@H](C(=O)N[C@@H](CCCNC(N)=O)C(=O)Nc1ccc(COC(=O)N[C@H]2CCc3c(C)c(F)cc4nc5c(c2c34)Cn2c-5cc3c(c2=O)COC(=O)[C@]3(O)CC)cc1)C(C)C. The zero-order chi connectivity index (χ0) is 66.3. The van der Waals surface area contributed by atoms with Gasteiger partial charge in [0.25, 0.3) is 5.56 Å². The minimum absolute atomic E-state index is 0.0260. The van der Waals surface area contributed by atoms with Crippen molar-refractivity contribution < 1.29 is 76.2 Å². The predicted molar refractivity (Wildman–Crippen MR) is 338 cm³/mol. The molecule has 0 bridgehead atoms. The van der Waals surface area contributed by atoms with Crippen molar-refractivity contribution in [2.24, 2.45) is 11.7 Å². The summed E-state index contributed by atoms with van der Waals surface area (Å²) in [4.78, 5) is 110. The number of hydrogen-bond donors (Lipinski definition) is 8. The average Bonchev–Trinajstić information content (AvgIpc) is 1.48. The molecule has 7 amide bonds. The van der Waals surface area contributed by atoms with Crippen molar-refractivity contribution >= 4 is 58.3 Å². The molecule has 7 rings (SSSR count). The summed E-state index contributed by atoms with van der Waals surface area (Å²) in [7, 11) is 0. The molecule has 0 saturated carbocycles. The highest BCUT2D eigenvalue weighted by atomic mass is 19.1. The third kappa shape index (κ3) is 19.3. The van der Waals surface area contributed by atoms with Crippen LogP contribution in [0.4, 0.5) is 19.7 Å². The van der Waals surface area contributed by atoms with Crippen LogP contribution in [0.15, 0.2) is 53.8 Å². The van der Waals surface area contributed by atoms with Crippen LogP contribution in [0.2, 0.25) is 0 Å². The molecular weight excluding hydrogens is 1190 g/mol. The number of fused-ring (bicyclic) bond motifs is 5. The van der Waals surface area contributed by atoms with Crippen LogP contribution < -0.4 is 43.2 Å². The van der Waals surface area contributed by atoms with Gasteiger partial charge in [-0.05, 0) is 111 Å². The van der Waals surface area contributed by atoms with Crippen LogP contribution in [0.3, 0.4) is 0 Å². The highest BCUT2D eigenvalue weighted by Crippen LogP contribution is 2.46. The van der Waals surface area contributed by atoms with E-state index in [-0.39, 0.29) is 107 Å². The number of allylic oxidation sites excluding steroid dienone is 1. The zero-order valence-corrected chi connectivity index (χ0v) is 53.4. The fraction of sp³-hybridized carbons (Fsp3) is 0.561. The van der Waals surface area contributed by atoms with Crippen LogP contribution in [-0.2, 0) is 88.9 Å². The molecule has 4 aromatic rings. The van der Waals surface area contributed by atoms with E-state index in [9.17, 15) is 43.5 Å². The van der Waals surface area contributed by atoms with E-state index in [0.717, 1.165) is 44.1 Å². The second kappa shape index (κ2) is 35.2. The molecule has 2 aromatic carbocycles. The number of nitrogens with two attached hydrogens (primary N) is 1. The molecule has 0 fully saturated rings. The smallest absolute Gasteiger partial charge is 0.407 e. The summed E-state index contributed by atoms with van der Waals surface area (Å²) in [5, 5.41) is 28.7. The molecule has 26 heteroatoms. The lowest BCUT2D eigenvalue weighted by atomic mass is 9.81. The number of amides is 7. The number of carbonyl (C=O) groups excluding carboxylic acids is 7. The average molecular weight is 1280 g/mol. The maximum absolute atomic E-state index is 15.5. The fourth-order valence-corrected chi connectivity index (χ4v) is 11.5. The maximum atomic E-state index is 15.5. The van der Waals surface area contributed by atoms with Crippen LogP contribution in [0.5, 0.6) is 0 Å². The highest BCUT2D eigenvalue weighted by Gasteiger charge is 2.46. The van der Waals surface area contributed by atoms with Gasteiger partial charge in [-0.1, -0.05) is 58.7 Å². The number of carbonyl (C=O) groups is 7. The van der Waals surface area contributed by atoms with E-state index in [0.29, 0.717) is 103 Å². The largest absolute Gasteiger partial charge is 0.458 e. The third-order valence-electron chi connectivity index (χ3n) is 16.6. The van der Waals surface area contributed by atoms with Gasteiger partial charge in [0, 0.05) is 47.8 Å². The fourth-order valence-electron chi connectivity index (χ4n) is 11.5. The second-order valence-electron chi connectivity index (χ2n) is 23.4. The molecule has 3 aliphatic rings. The van der Waals surface area contributed by atoms with E-state index in [1.54, 1.807) is 58.0 Å². The van der Waals surface area contributed by atoms with E-state index >= 15 is 4.39 Å². The van der Waals surface area contributed by atoms with Gasteiger partial charge in [0.1, 0.15) is 37.7 Å². The molecule has 5 atom stereocenters. The molecule has 0 radical (unpaired) electrons. The summed E-state index contributed by atoms with van der Waals surface area (Å²) in [6.07, 6.45) is 8.40. The standard InChI is InChI=1S/C66H90FN9O16/c1-7-10-11-12-13-15-44(8-2)90-39-55(78)69-25-27-87-29-31-89-33-32-88-30-28-86-26-23-54(77)75-58(40(4)5)61(80)73-51(16-14-24-70-64(68)83)60(79)71-43-19-17-42(18-20-43)37-92-65(84)74-50-22-21-45-41(6)49(67)35-52-56(45)57(50)46-36-76-53(59(46)72-52)34-48-47(62(76)81)38-91-63(82)66(48,85)9-3/h7,17-20,34-35,40,44,50-51,58,85H,1,8-16,21-33,36-39H2,2-6H3,(H,69,78)(H,71,79)(H,73,80)(H,74,84)(H,75,77)(H3,68,70,83)/t44?,50-,51-,58-,66-/m0/s1. The van der Waals surface area contributed by atoms with Crippen LogP contribution in [-0.4, -0.2) is 147 Å². The minimum atomic E-state index is -2.05. The number of rotatable bonds is 39. The Kier molecular flexibility index (Phi) is 27.4. The van der Waals surface area contributed by atoms with Gasteiger partial charge in [-0.3, -0.25) is 24.0 Å². The molecule has 4 heterocycles. The quantitative estimate of drug-likeness (QED) is 0.0128.